The number of aryl methyl sites for hydroxylation is 1. The van der Waals surface area contributed by atoms with Crippen molar-refractivity contribution in [2.24, 2.45) is 12.0 Å². The first-order chi connectivity index (χ1) is 8.21. The van der Waals surface area contributed by atoms with Gasteiger partial charge in [0.1, 0.15) is 0 Å². The van der Waals surface area contributed by atoms with Crippen molar-refractivity contribution in [2.45, 2.75) is 40.5 Å². The molecule has 3 heteroatoms. The van der Waals surface area contributed by atoms with Gasteiger partial charge in [0.2, 0.25) is 0 Å². The quantitative estimate of drug-likeness (QED) is 0.732. The summed E-state index contributed by atoms with van der Waals surface area (Å²) in [6.07, 6.45) is 7.87. The zero-order chi connectivity index (χ0) is 13.7. The SMILES string of the molecule is C=Cc1ncn(C)c1C=NC.CC.CCCC. The Bertz CT molecular complexity index is 309. The lowest BCUT2D eigenvalue weighted by atomic mass is 10.3. The van der Waals surface area contributed by atoms with Crippen LogP contribution in [0.15, 0.2) is 17.9 Å². The molecule has 0 aromatic carbocycles. The summed E-state index contributed by atoms with van der Waals surface area (Å²) in [4.78, 5) is 8.02. The first-order valence-electron chi connectivity index (χ1n) is 6.27. The van der Waals surface area contributed by atoms with Crippen molar-refractivity contribution in [2.75, 3.05) is 7.05 Å². The highest BCUT2D eigenvalue weighted by Crippen LogP contribution is 2.03. The highest BCUT2D eigenvalue weighted by Gasteiger charge is 2.00. The Morgan fingerprint density at radius 2 is 1.88 bits per heavy atom. The number of hydrogen-bond acceptors (Lipinski definition) is 2. The standard InChI is InChI=1S/C8H11N3.C4H10.C2H6/c1-4-7-8(5-9-2)11(3)6-10-7;1-3-4-2;1-2/h4-6H,1H2,2-3H3;3-4H2,1-2H3;1-2H3. The number of rotatable bonds is 3. The molecule has 0 atom stereocenters. The largest absolute Gasteiger partial charge is 0.332 e. The molecule has 0 spiro atoms. The van der Waals surface area contributed by atoms with Gasteiger partial charge in [0.05, 0.1) is 17.7 Å². The lowest BCUT2D eigenvalue weighted by Gasteiger charge is -1.93. The Morgan fingerprint density at radius 3 is 2.24 bits per heavy atom. The van der Waals surface area contributed by atoms with E-state index in [0.717, 1.165) is 11.4 Å². The average Bonchev–Trinajstić information content (AvgIpc) is 2.74. The highest BCUT2D eigenvalue weighted by molar-refractivity contribution is 5.82. The molecule has 0 saturated carbocycles. The fourth-order valence-electron chi connectivity index (χ4n) is 0.895. The van der Waals surface area contributed by atoms with E-state index in [1.54, 1.807) is 25.7 Å². The van der Waals surface area contributed by atoms with Crippen LogP contribution in [0.5, 0.6) is 0 Å². The topological polar surface area (TPSA) is 30.2 Å². The molecule has 0 amide bonds. The molecule has 0 aliphatic rings. The maximum Gasteiger partial charge on any atom is 0.0956 e. The third-order valence-corrected chi connectivity index (χ3v) is 1.96. The van der Waals surface area contributed by atoms with E-state index in [-0.39, 0.29) is 0 Å². The Kier molecular flexibility index (Phi) is 13.4. The zero-order valence-electron chi connectivity index (χ0n) is 12.2. The molecule has 0 saturated heterocycles. The van der Waals surface area contributed by atoms with Crippen molar-refractivity contribution in [1.29, 1.82) is 0 Å². The molecule has 17 heavy (non-hydrogen) atoms. The van der Waals surface area contributed by atoms with Gasteiger partial charge in [-0.2, -0.15) is 0 Å². The zero-order valence-corrected chi connectivity index (χ0v) is 12.2. The van der Waals surface area contributed by atoms with E-state index in [1.807, 2.05) is 25.5 Å². The van der Waals surface area contributed by atoms with E-state index in [2.05, 4.69) is 30.4 Å². The molecule has 0 fully saturated rings. The maximum atomic E-state index is 4.11. The minimum absolute atomic E-state index is 0.873. The van der Waals surface area contributed by atoms with Crippen molar-refractivity contribution in [3.63, 3.8) is 0 Å². The Hall–Kier alpha value is -1.38. The molecule has 0 aliphatic heterocycles. The maximum absolute atomic E-state index is 4.11. The summed E-state index contributed by atoms with van der Waals surface area (Å²) in [5.74, 6) is 0. The van der Waals surface area contributed by atoms with E-state index in [0.29, 0.717) is 0 Å². The van der Waals surface area contributed by atoms with Crippen molar-refractivity contribution >= 4 is 12.3 Å². The molecule has 1 aromatic rings. The second kappa shape index (κ2) is 12.7. The van der Waals surface area contributed by atoms with E-state index in [4.69, 9.17) is 0 Å². The van der Waals surface area contributed by atoms with E-state index in [1.165, 1.54) is 12.8 Å². The number of unbranched alkanes of at least 4 members (excludes halogenated alkanes) is 1. The number of aromatic nitrogens is 2. The summed E-state index contributed by atoms with van der Waals surface area (Å²) in [5.41, 5.74) is 1.86. The molecule has 0 bridgehead atoms. The van der Waals surface area contributed by atoms with Gasteiger partial charge in [-0.3, -0.25) is 4.99 Å². The van der Waals surface area contributed by atoms with Gasteiger partial charge in [-0.05, 0) is 6.08 Å². The second-order valence-corrected chi connectivity index (χ2v) is 3.22. The van der Waals surface area contributed by atoms with Gasteiger partial charge in [0, 0.05) is 20.3 Å². The molecular formula is C14H27N3. The monoisotopic (exact) mass is 237 g/mol. The summed E-state index contributed by atoms with van der Waals surface area (Å²) in [7, 11) is 3.66. The summed E-state index contributed by atoms with van der Waals surface area (Å²) >= 11 is 0. The van der Waals surface area contributed by atoms with Crippen LogP contribution in [-0.2, 0) is 7.05 Å². The Labute approximate surface area is 106 Å². The smallest absolute Gasteiger partial charge is 0.0956 e. The molecule has 1 heterocycles. The van der Waals surface area contributed by atoms with Crippen LogP contribution in [0.2, 0.25) is 0 Å². The van der Waals surface area contributed by atoms with Gasteiger partial charge in [0.15, 0.2) is 0 Å². The fraction of sp³-hybridized carbons (Fsp3) is 0.571. The predicted octanol–water partition coefficient (Wildman–Crippen LogP) is 3.94. The number of aliphatic imine (C=N–C) groups is 1. The van der Waals surface area contributed by atoms with Crippen LogP contribution in [-0.4, -0.2) is 22.8 Å². The molecule has 3 nitrogen and oxygen atoms in total. The lowest BCUT2D eigenvalue weighted by molar-refractivity contribution is 0.886. The van der Waals surface area contributed by atoms with Crippen LogP contribution < -0.4 is 0 Å². The Balaban J connectivity index is 0. The van der Waals surface area contributed by atoms with Crippen LogP contribution >= 0.6 is 0 Å². The lowest BCUT2D eigenvalue weighted by Crippen LogP contribution is -1.94. The van der Waals surface area contributed by atoms with Gasteiger partial charge in [-0.1, -0.05) is 47.1 Å². The van der Waals surface area contributed by atoms with E-state index < -0.39 is 0 Å². The van der Waals surface area contributed by atoms with Crippen molar-refractivity contribution in [1.82, 2.24) is 9.55 Å². The highest BCUT2D eigenvalue weighted by atomic mass is 15.0. The van der Waals surface area contributed by atoms with Gasteiger partial charge < -0.3 is 4.57 Å². The molecular weight excluding hydrogens is 210 g/mol. The number of hydrogen-bond donors (Lipinski definition) is 0. The van der Waals surface area contributed by atoms with Gasteiger partial charge >= 0.3 is 0 Å². The van der Waals surface area contributed by atoms with Gasteiger partial charge in [-0.15, -0.1) is 0 Å². The molecule has 0 radical (unpaired) electrons. The third-order valence-electron chi connectivity index (χ3n) is 1.96. The molecule has 98 valence electrons. The molecule has 0 unspecified atom stereocenters. The van der Waals surface area contributed by atoms with E-state index >= 15 is 0 Å². The van der Waals surface area contributed by atoms with Crippen LogP contribution in [0, 0.1) is 0 Å². The molecule has 0 aliphatic carbocycles. The molecule has 1 rings (SSSR count). The van der Waals surface area contributed by atoms with E-state index in [9.17, 15) is 0 Å². The van der Waals surface area contributed by atoms with Crippen molar-refractivity contribution in [3.8, 4) is 0 Å². The van der Waals surface area contributed by atoms with Crippen molar-refractivity contribution in [3.05, 3.63) is 24.3 Å². The van der Waals surface area contributed by atoms with Gasteiger partial charge in [0.25, 0.3) is 0 Å². The van der Waals surface area contributed by atoms with Gasteiger partial charge in [-0.25, -0.2) is 4.98 Å². The van der Waals surface area contributed by atoms with Crippen LogP contribution in [0.25, 0.3) is 6.08 Å². The van der Waals surface area contributed by atoms with Crippen LogP contribution in [0.1, 0.15) is 51.9 Å². The van der Waals surface area contributed by atoms with Crippen LogP contribution in [0.3, 0.4) is 0 Å². The minimum Gasteiger partial charge on any atom is -0.332 e. The van der Waals surface area contributed by atoms with Crippen LogP contribution in [0.4, 0.5) is 0 Å². The van der Waals surface area contributed by atoms with Crippen molar-refractivity contribution < 1.29 is 0 Å². The average molecular weight is 237 g/mol. The Morgan fingerprint density at radius 1 is 1.35 bits per heavy atom. The predicted molar refractivity (Wildman–Crippen MR) is 78.7 cm³/mol. The minimum atomic E-state index is 0.873. The second-order valence-electron chi connectivity index (χ2n) is 3.22. The molecule has 0 N–H and O–H groups in total. The first kappa shape index (κ1) is 18.0. The summed E-state index contributed by atoms with van der Waals surface area (Å²) < 4.78 is 1.91. The summed E-state index contributed by atoms with van der Waals surface area (Å²) in [6, 6.07) is 0. The summed E-state index contributed by atoms with van der Waals surface area (Å²) in [6.45, 7) is 12.0. The normalized spacial score (nSPS) is 9.06. The molecule has 1 aromatic heterocycles. The number of nitrogens with zero attached hydrogens (tertiary/aromatic N) is 3. The fourth-order valence-corrected chi connectivity index (χ4v) is 0.895. The summed E-state index contributed by atoms with van der Waals surface area (Å²) in [5, 5.41) is 0. The number of imidazole rings is 1. The first-order valence-corrected chi connectivity index (χ1v) is 6.27. The third kappa shape index (κ3) is 7.50.